The summed E-state index contributed by atoms with van der Waals surface area (Å²) in [5.74, 6) is 0.517. The molecule has 2 aromatic rings. The Morgan fingerprint density at radius 1 is 1.00 bits per heavy atom. The second-order valence-electron chi connectivity index (χ2n) is 10.2. The summed E-state index contributed by atoms with van der Waals surface area (Å²) < 4.78 is 11.3. The van der Waals surface area contributed by atoms with Crippen LogP contribution in [0.1, 0.15) is 72.5 Å². The maximum Gasteiger partial charge on any atom is 0.338 e. The molecule has 2 unspecified atom stereocenters. The Kier molecular flexibility index (Phi) is 7.94. The lowest BCUT2D eigenvalue weighted by Gasteiger charge is -2.36. The second-order valence-corrected chi connectivity index (χ2v) is 10.2. The van der Waals surface area contributed by atoms with Gasteiger partial charge in [0.1, 0.15) is 12.7 Å². The number of carbonyl (C=O) groups is 1. The van der Waals surface area contributed by atoms with E-state index >= 15 is 0 Å². The van der Waals surface area contributed by atoms with Crippen LogP contribution in [0, 0.1) is 5.92 Å². The van der Waals surface area contributed by atoms with Crippen molar-refractivity contribution in [3.8, 4) is 0 Å². The van der Waals surface area contributed by atoms with Gasteiger partial charge in [0.05, 0.1) is 18.2 Å². The molecular weight excluding hydrogens is 424 g/mol. The van der Waals surface area contributed by atoms with E-state index in [1.807, 2.05) is 54.6 Å². The lowest BCUT2D eigenvalue weighted by Crippen LogP contribution is -2.40. The highest BCUT2D eigenvalue weighted by atomic mass is 16.6. The maximum absolute atomic E-state index is 13.0. The minimum atomic E-state index is -0.272. The number of nitrogens with one attached hydrogen (secondary N) is 1. The number of rotatable bonds is 10. The van der Waals surface area contributed by atoms with E-state index in [-0.39, 0.29) is 24.7 Å². The van der Waals surface area contributed by atoms with E-state index < -0.39 is 0 Å². The highest BCUT2D eigenvalue weighted by Gasteiger charge is 2.36. The van der Waals surface area contributed by atoms with Gasteiger partial charge >= 0.3 is 5.97 Å². The van der Waals surface area contributed by atoms with Crippen molar-refractivity contribution in [2.45, 2.75) is 69.7 Å². The quantitative estimate of drug-likeness (QED) is 0.392. The Morgan fingerprint density at radius 2 is 1.71 bits per heavy atom. The van der Waals surface area contributed by atoms with E-state index in [1.54, 1.807) is 0 Å². The zero-order chi connectivity index (χ0) is 23.2. The van der Waals surface area contributed by atoms with Crippen molar-refractivity contribution >= 4 is 5.97 Å². The standard InChI is InChI=1S/C29H38N2O3/c32-29(34-20-23-8-2-1-3-9-23)26-13-7-6-12-25(26)28(27-21-33-27)30-17-14-22-15-18-31(19-16-22)24-10-4-5-11-24/h1-3,6-9,12-13,22,24,27-28,30H,4-5,10-11,14-21H2. The fraction of sp³-hybridized carbons (Fsp3) is 0.552. The Balaban J connectivity index is 1.14. The van der Waals surface area contributed by atoms with E-state index in [0.29, 0.717) is 5.56 Å². The number of epoxide rings is 1. The van der Waals surface area contributed by atoms with Crippen LogP contribution in [0.15, 0.2) is 54.6 Å². The molecule has 1 aliphatic carbocycles. The van der Waals surface area contributed by atoms with Crippen LogP contribution < -0.4 is 5.32 Å². The molecule has 0 spiro atoms. The third-order valence-electron chi connectivity index (χ3n) is 7.87. The molecular formula is C29H38N2O3. The van der Waals surface area contributed by atoms with Crippen molar-refractivity contribution in [2.75, 3.05) is 26.2 Å². The molecule has 2 saturated heterocycles. The van der Waals surface area contributed by atoms with Gasteiger partial charge in [-0.05, 0) is 74.8 Å². The monoisotopic (exact) mass is 462 g/mol. The predicted molar refractivity (Wildman–Crippen MR) is 134 cm³/mol. The maximum atomic E-state index is 13.0. The third kappa shape index (κ3) is 6.07. The molecule has 5 rings (SSSR count). The van der Waals surface area contributed by atoms with Crippen molar-refractivity contribution in [1.82, 2.24) is 10.2 Å². The molecule has 0 radical (unpaired) electrons. The molecule has 1 saturated carbocycles. The second kappa shape index (κ2) is 11.5. The van der Waals surface area contributed by atoms with E-state index in [0.717, 1.165) is 36.2 Å². The van der Waals surface area contributed by atoms with Crippen LogP contribution in [-0.4, -0.2) is 49.3 Å². The summed E-state index contributed by atoms with van der Waals surface area (Å²) in [7, 11) is 0. The summed E-state index contributed by atoms with van der Waals surface area (Å²) in [6.45, 7) is 4.50. The summed E-state index contributed by atoms with van der Waals surface area (Å²) in [6, 6.07) is 18.5. The molecule has 3 aliphatic rings. The van der Waals surface area contributed by atoms with Crippen LogP contribution in [0.25, 0.3) is 0 Å². The largest absolute Gasteiger partial charge is 0.457 e. The highest BCUT2D eigenvalue weighted by molar-refractivity contribution is 5.91. The average molecular weight is 463 g/mol. The van der Waals surface area contributed by atoms with Crippen molar-refractivity contribution in [3.63, 3.8) is 0 Å². The average Bonchev–Trinajstić information content (AvgIpc) is 3.58. The van der Waals surface area contributed by atoms with Gasteiger partial charge in [-0.1, -0.05) is 61.4 Å². The molecule has 5 nitrogen and oxygen atoms in total. The number of hydrogen-bond donors (Lipinski definition) is 1. The van der Waals surface area contributed by atoms with Gasteiger partial charge in [-0.15, -0.1) is 0 Å². The van der Waals surface area contributed by atoms with Crippen LogP contribution in [0.5, 0.6) is 0 Å². The van der Waals surface area contributed by atoms with E-state index in [4.69, 9.17) is 9.47 Å². The summed E-state index contributed by atoms with van der Waals surface area (Å²) in [4.78, 5) is 15.7. The Hall–Kier alpha value is -2.21. The normalized spacial score (nSPS) is 22.5. The zero-order valence-corrected chi connectivity index (χ0v) is 20.2. The van der Waals surface area contributed by atoms with E-state index in [2.05, 4.69) is 10.2 Å². The zero-order valence-electron chi connectivity index (χ0n) is 20.2. The number of likely N-dealkylation sites (tertiary alicyclic amines) is 1. The lowest BCUT2D eigenvalue weighted by molar-refractivity contribution is 0.0470. The molecule has 2 atom stereocenters. The number of ether oxygens (including phenoxy) is 2. The Bertz CT molecular complexity index is 916. The number of carbonyl (C=O) groups excluding carboxylic acids is 1. The first-order valence-electron chi connectivity index (χ1n) is 13.2. The molecule has 5 heteroatoms. The first kappa shape index (κ1) is 23.5. The van der Waals surface area contributed by atoms with Crippen molar-refractivity contribution in [1.29, 1.82) is 0 Å². The minimum absolute atomic E-state index is 0.0269. The molecule has 0 aromatic heterocycles. The molecule has 182 valence electrons. The smallest absolute Gasteiger partial charge is 0.338 e. The number of nitrogens with zero attached hydrogens (tertiary/aromatic N) is 1. The van der Waals surface area contributed by atoms with Gasteiger partial charge < -0.3 is 19.7 Å². The third-order valence-corrected chi connectivity index (χ3v) is 7.87. The van der Waals surface area contributed by atoms with Crippen LogP contribution >= 0.6 is 0 Å². The molecule has 0 bridgehead atoms. The lowest BCUT2D eigenvalue weighted by atomic mass is 9.92. The fourth-order valence-corrected chi connectivity index (χ4v) is 5.76. The first-order valence-corrected chi connectivity index (χ1v) is 13.2. The SMILES string of the molecule is O=C(OCc1ccccc1)c1ccccc1C(NCCC1CCN(C2CCCC2)CC1)C1CO1. The van der Waals surface area contributed by atoms with Crippen LogP contribution in [0.3, 0.4) is 0 Å². The van der Waals surface area contributed by atoms with E-state index in [9.17, 15) is 4.79 Å². The summed E-state index contributed by atoms with van der Waals surface area (Å²) in [6.07, 6.45) is 9.58. The summed E-state index contributed by atoms with van der Waals surface area (Å²) >= 11 is 0. The molecule has 2 aliphatic heterocycles. The Morgan fingerprint density at radius 3 is 2.44 bits per heavy atom. The van der Waals surface area contributed by atoms with Crippen LogP contribution in [0.2, 0.25) is 0 Å². The van der Waals surface area contributed by atoms with Gasteiger partial charge in [-0.3, -0.25) is 0 Å². The van der Waals surface area contributed by atoms with Gasteiger partial charge in [0.15, 0.2) is 0 Å². The number of esters is 1. The number of benzene rings is 2. The predicted octanol–water partition coefficient (Wildman–Crippen LogP) is 5.12. The van der Waals surface area contributed by atoms with Gasteiger partial charge in [0.25, 0.3) is 0 Å². The highest BCUT2D eigenvalue weighted by Crippen LogP contribution is 2.32. The van der Waals surface area contributed by atoms with Crippen LogP contribution in [0.4, 0.5) is 0 Å². The number of piperidine rings is 1. The molecule has 2 heterocycles. The summed E-state index contributed by atoms with van der Waals surface area (Å²) in [5.41, 5.74) is 2.61. The minimum Gasteiger partial charge on any atom is -0.457 e. The van der Waals surface area contributed by atoms with Crippen molar-refractivity contribution in [2.24, 2.45) is 5.92 Å². The van der Waals surface area contributed by atoms with Crippen LogP contribution in [-0.2, 0) is 16.1 Å². The molecule has 2 aromatic carbocycles. The van der Waals surface area contributed by atoms with E-state index in [1.165, 1.54) is 58.0 Å². The number of hydrogen-bond acceptors (Lipinski definition) is 5. The van der Waals surface area contributed by atoms with Crippen molar-refractivity contribution in [3.05, 3.63) is 71.3 Å². The van der Waals surface area contributed by atoms with Gasteiger partial charge in [0.2, 0.25) is 0 Å². The molecule has 1 N–H and O–H groups in total. The fourth-order valence-electron chi connectivity index (χ4n) is 5.76. The Labute approximate surface area is 203 Å². The van der Waals surface area contributed by atoms with Gasteiger partial charge in [0, 0.05) is 6.04 Å². The first-order chi connectivity index (χ1) is 16.8. The van der Waals surface area contributed by atoms with Gasteiger partial charge in [-0.25, -0.2) is 4.79 Å². The van der Waals surface area contributed by atoms with Gasteiger partial charge in [-0.2, -0.15) is 0 Å². The molecule has 3 fully saturated rings. The van der Waals surface area contributed by atoms with Crippen molar-refractivity contribution < 1.29 is 14.3 Å². The summed E-state index contributed by atoms with van der Waals surface area (Å²) in [5, 5.41) is 3.73. The molecule has 0 amide bonds. The molecule has 34 heavy (non-hydrogen) atoms. The topological polar surface area (TPSA) is 54.1 Å².